The van der Waals surface area contributed by atoms with Crippen LogP contribution < -0.4 is 4.18 Å². The van der Waals surface area contributed by atoms with Crippen LogP contribution in [0.4, 0.5) is 13.2 Å². The Morgan fingerprint density at radius 3 is 2.26 bits per heavy atom. The molecule has 1 aromatic carbocycles. The second kappa shape index (κ2) is 9.38. The van der Waals surface area contributed by atoms with E-state index in [-0.39, 0.29) is 5.56 Å². The van der Waals surface area contributed by atoms with E-state index in [2.05, 4.69) is 4.18 Å². The van der Waals surface area contributed by atoms with E-state index in [0.29, 0.717) is 0 Å². The van der Waals surface area contributed by atoms with E-state index in [1.807, 2.05) is 0 Å². The van der Waals surface area contributed by atoms with Crippen molar-refractivity contribution in [3.8, 4) is 5.75 Å². The Balaban J connectivity index is 2.42. The molecule has 0 unspecified atom stereocenters. The maximum absolute atomic E-state index is 12.7. The molecule has 5 atom stereocenters. The van der Waals surface area contributed by atoms with Crippen molar-refractivity contribution < 1.29 is 59.8 Å². The lowest BCUT2D eigenvalue weighted by atomic mass is 9.90. The molecule has 2 rings (SSSR count). The minimum absolute atomic E-state index is 0.351. The highest BCUT2D eigenvalue weighted by molar-refractivity contribution is 7.88. The van der Waals surface area contributed by atoms with Crippen LogP contribution in [0, 0.1) is 0 Å². The molecule has 174 valence electrons. The number of benzene rings is 1. The first-order chi connectivity index (χ1) is 14.2. The van der Waals surface area contributed by atoms with Crippen molar-refractivity contribution in [2.45, 2.75) is 49.9 Å². The summed E-state index contributed by atoms with van der Waals surface area (Å²) in [6.45, 7) is 1.54. The van der Waals surface area contributed by atoms with Gasteiger partial charge in [0.15, 0.2) is 6.10 Å². The number of alkyl halides is 3. The molecule has 0 spiro atoms. The number of aliphatic hydroxyl groups excluding tert-OH is 2. The Morgan fingerprint density at radius 2 is 1.71 bits per heavy atom. The Morgan fingerprint density at radius 1 is 1.10 bits per heavy atom. The van der Waals surface area contributed by atoms with Crippen molar-refractivity contribution in [1.82, 2.24) is 0 Å². The SMILES string of the molecule is CC(=O)OC[C@H]1O[C@H](c2ccccc2OS(=O)(=O)C(F)(F)F)[C@@H](O)[C@@H](O)[C@@H]1OC(C)=O. The molecule has 1 aliphatic heterocycles. The molecule has 0 aromatic heterocycles. The van der Waals surface area contributed by atoms with Gasteiger partial charge < -0.3 is 28.6 Å². The minimum atomic E-state index is -6.04. The van der Waals surface area contributed by atoms with Gasteiger partial charge in [0.25, 0.3) is 0 Å². The van der Waals surface area contributed by atoms with E-state index in [1.165, 1.54) is 12.1 Å². The van der Waals surface area contributed by atoms with Crippen LogP contribution in [0.15, 0.2) is 24.3 Å². The molecule has 1 aromatic rings. The molecule has 0 bridgehead atoms. The number of hydrogen-bond donors (Lipinski definition) is 2. The zero-order valence-corrected chi connectivity index (χ0v) is 16.9. The lowest BCUT2D eigenvalue weighted by Gasteiger charge is -2.42. The van der Waals surface area contributed by atoms with Gasteiger partial charge in [0.2, 0.25) is 0 Å². The quantitative estimate of drug-likeness (QED) is 0.342. The Bertz CT molecular complexity index is 917. The molecule has 0 aliphatic carbocycles. The van der Waals surface area contributed by atoms with Gasteiger partial charge in [-0.05, 0) is 6.07 Å². The van der Waals surface area contributed by atoms with Gasteiger partial charge in [-0.1, -0.05) is 18.2 Å². The summed E-state index contributed by atoms with van der Waals surface area (Å²) in [5.74, 6) is -2.42. The van der Waals surface area contributed by atoms with Crippen molar-refractivity contribution in [1.29, 1.82) is 0 Å². The summed E-state index contributed by atoms with van der Waals surface area (Å²) in [4.78, 5) is 22.5. The van der Waals surface area contributed by atoms with Crippen LogP contribution >= 0.6 is 0 Å². The summed E-state index contributed by atoms with van der Waals surface area (Å²) >= 11 is 0. The monoisotopic (exact) mass is 472 g/mol. The Kier molecular flexibility index (Phi) is 7.52. The minimum Gasteiger partial charge on any atom is -0.463 e. The molecule has 1 heterocycles. The number of carbonyl (C=O) groups excluding carboxylic acids is 2. The van der Waals surface area contributed by atoms with Crippen LogP contribution in [0.25, 0.3) is 0 Å². The number of esters is 2. The first kappa shape index (κ1) is 24.8. The van der Waals surface area contributed by atoms with Crippen molar-refractivity contribution in [3.63, 3.8) is 0 Å². The smallest absolute Gasteiger partial charge is 0.463 e. The summed E-state index contributed by atoms with van der Waals surface area (Å²) in [6, 6.07) is 4.47. The van der Waals surface area contributed by atoms with Gasteiger partial charge in [-0.15, -0.1) is 0 Å². The summed E-state index contributed by atoms with van der Waals surface area (Å²) in [5.41, 5.74) is -6.07. The second-order valence-corrected chi connectivity index (χ2v) is 8.01. The third-order valence-corrected chi connectivity index (χ3v) is 5.11. The molecule has 10 nitrogen and oxygen atoms in total. The zero-order valence-electron chi connectivity index (χ0n) is 16.1. The third-order valence-electron chi connectivity index (χ3n) is 4.15. The van der Waals surface area contributed by atoms with Crippen molar-refractivity contribution in [3.05, 3.63) is 29.8 Å². The molecule has 31 heavy (non-hydrogen) atoms. The van der Waals surface area contributed by atoms with Gasteiger partial charge in [-0.25, -0.2) is 0 Å². The maximum atomic E-state index is 12.7. The van der Waals surface area contributed by atoms with E-state index in [4.69, 9.17) is 14.2 Å². The van der Waals surface area contributed by atoms with Crippen molar-refractivity contribution >= 4 is 22.1 Å². The van der Waals surface area contributed by atoms with Crippen LogP contribution in [0.2, 0.25) is 0 Å². The topological polar surface area (TPSA) is 146 Å². The molecule has 1 aliphatic rings. The molecule has 2 N–H and O–H groups in total. The largest absolute Gasteiger partial charge is 0.534 e. The van der Waals surface area contributed by atoms with E-state index in [1.54, 1.807) is 0 Å². The lowest BCUT2D eigenvalue weighted by molar-refractivity contribution is -0.242. The van der Waals surface area contributed by atoms with Gasteiger partial charge in [-0.3, -0.25) is 9.59 Å². The highest BCUT2D eigenvalue weighted by atomic mass is 32.2. The normalized spacial score (nSPS) is 26.7. The lowest BCUT2D eigenvalue weighted by Crippen LogP contribution is -2.57. The number of halogens is 3. The molecule has 0 amide bonds. The van der Waals surface area contributed by atoms with Gasteiger partial charge in [-0.2, -0.15) is 21.6 Å². The number of hydrogen-bond acceptors (Lipinski definition) is 10. The Labute approximate surface area is 174 Å². The predicted octanol–water partition coefficient (Wildman–Crippen LogP) is 0.572. The summed E-state index contributed by atoms with van der Waals surface area (Å²) < 4.78 is 80.4. The summed E-state index contributed by atoms with van der Waals surface area (Å²) in [7, 11) is -6.04. The molecule has 0 saturated carbocycles. The molecule has 14 heteroatoms. The molecule has 1 saturated heterocycles. The van der Waals surface area contributed by atoms with Crippen LogP contribution in [-0.4, -0.2) is 67.1 Å². The molecular formula is C17H19F3O10S. The van der Waals surface area contributed by atoms with Crippen LogP contribution in [0.1, 0.15) is 25.5 Å². The fourth-order valence-electron chi connectivity index (χ4n) is 2.82. The van der Waals surface area contributed by atoms with E-state index >= 15 is 0 Å². The zero-order chi connectivity index (χ0) is 23.6. The van der Waals surface area contributed by atoms with Crippen LogP contribution in [-0.2, 0) is 33.9 Å². The fraction of sp³-hybridized carbons (Fsp3) is 0.529. The number of rotatable bonds is 6. The molecule has 0 radical (unpaired) electrons. The molecule has 1 fully saturated rings. The highest BCUT2D eigenvalue weighted by Crippen LogP contribution is 2.39. The van der Waals surface area contributed by atoms with Gasteiger partial charge in [0.05, 0.1) is 0 Å². The van der Waals surface area contributed by atoms with Crippen molar-refractivity contribution in [2.24, 2.45) is 0 Å². The summed E-state index contributed by atoms with van der Waals surface area (Å²) in [5, 5.41) is 20.9. The number of ether oxygens (including phenoxy) is 3. The molecular weight excluding hydrogens is 453 g/mol. The fourth-order valence-corrected chi connectivity index (χ4v) is 3.31. The number of aliphatic hydroxyl groups is 2. The van der Waals surface area contributed by atoms with E-state index in [0.717, 1.165) is 26.0 Å². The summed E-state index contributed by atoms with van der Waals surface area (Å²) in [6.07, 6.45) is -8.16. The second-order valence-electron chi connectivity index (χ2n) is 6.47. The third kappa shape index (κ3) is 5.84. The van der Waals surface area contributed by atoms with Crippen molar-refractivity contribution in [2.75, 3.05) is 6.61 Å². The predicted molar refractivity (Wildman–Crippen MR) is 93.9 cm³/mol. The maximum Gasteiger partial charge on any atom is 0.534 e. The number of carbonyl (C=O) groups is 2. The highest BCUT2D eigenvalue weighted by Gasteiger charge is 2.51. The first-order valence-electron chi connectivity index (χ1n) is 8.66. The average molecular weight is 472 g/mol. The van der Waals surface area contributed by atoms with Gasteiger partial charge in [0.1, 0.15) is 36.8 Å². The average Bonchev–Trinajstić information content (AvgIpc) is 2.64. The standard InChI is InChI=1S/C17H19F3O10S/c1-8(21)27-7-12-16(28-9(2)22)14(24)13(23)15(29-12)10-5-3-4-6-11(10)30-31(25,26)17(18,19)20/h3-6,12-16,23-24H,7H2,1-2H3/t12-,13+,14-,15-,16-/m1/s1. The van der Waals surface area contributed by atoms with Crippen LogP contribution in [0.3, 0.4) is 0 Å². The first-order valence-corrected chi connectivity index (χ1v) is 10.1. The van der Waals surface area contributed by atoms with Gasteiger partial charge >= 0.3 is 27.6 Å². The van der Waals surface area contributed by atoms with Gasteiger partial charge in [0, 0.05) is 19.4 Å². The van der Waals surface area contributed by atoms with E-state index < -0.39 is 70.4 Å². The van der Waals surface area contributed by atoms with E-state index in [9.17, 15) is 41.4 Å². The van der Waals surface area contributed by atoms with Crippen LogP contribution in [0.5, 0.6) is 5.75 Å². The Hall–Kier alpha value is -2.42. The number of para-hydroxylation sites is 1.